The molecule has 0 aliphatic carbocycles. The molecule has 2 amide bonds. The Bertz CT molecular complexity index is 888. The van der Waals surface area contributed by atoms with Crippen molar-refractivity contribution in [1.82, 2.24) is 0 Å². The summed E-state index contributed by atoms with van der Waals surface area (Å²) in [6, 6.07) is 23.7. The molecule has 3 aromatic rings. The summed E-state index contributed by atoms with van der Waals surface area (Å²) in [5.74, 6) is -1.33. The van der Waals surface area contributed by atoms with E-state index in [0.29, 0.717) is 5.69 Å². The number of rotatable bonds is 5. The number of primary amides is 1. The predicted octanol–water partition coefficient (Wildman–Crippen LogP) is 4.21. The Kier molecular flexibility index (Phi) is 5.34. The summed E-state index contributed by atoms with van der Waals surface area (Å²) in [6.07, 6.45) is 0. The second-order valence-corrected chi connectivity index (χ2v) is 6.21. The lowest BCUT2D eigenvalue weighted by Gasteiger charge is -2.18. The quantitative estimate of drug-likeness (QED) is 0.711. The molecule has 26 heavy (non-hydrogen) atoms. The summed E-state index contributed by atoms with van der Waals surface area (Å²) in [6.45, 7) is 0. The van der Waals surface area contributed by atoms with Crippen LogP contribution in [0.25, 0.3) is 0 Å². The fourth-order valence-corrected chi connectivity index (χ4v) is 3.00. The first-order chi connectivity index (χ1) is 12.6. The first-order valence-corrected chi connectivity index (χ1v) is 8.44. The van der Waals surface area contributed by atoms with Crippen LogP contribution in [0.4, 0.5) is 5.69 Å². The van der Waals surface area contributed by atoms with Gasteiger partial charge in [0.1, 0.15) is 0 Å². The molecule has 3 aromatic carbocycles. The molecular formula is C21H17ClN2O2. The summed E-state index contributed by atoms with van der Waals surface area (Å²) >= 11 is 5.97. The molecule has 0 radical (unpaired) electrons. The molecule has 0 saturated heterocycles. The number of hydrogen-bond acceptors (Lipinski definition) is 2. The summed E-state index contributed by atoms with van der Waals surface area (Å²) in [7, 11) is 0. The Labute approximate surface area is 156 Å². The zero-order valence-corrected chi connectivity index (χ0v) is 14.6. The van der Waals surface area contributed by atoms with Crippen molar-refractivity contribution in [3.8, 4) is 0 Å². The molecule has 0 aliphatic heterocycles. The number of carbonyl (C=O) groups is 2. The maximum absolute atomic E-state index is 13.0. The van der Waals surface area contributed by atoms with Crippen LogP contribution >= 0.6 is 11.6 Å². The lowest BCUT2D eigenvalue weighted by Crippen LogP contribution is -2.22. The molecule has 3 rings (SSSR count). The van der Waals surface area contributed by atoms with Crippen LogP contribution in [-0.2, 0) is 4.79 Å². The van der Waals surface area contributed by atoms with Crippen molar-refractivity contribution < 1.29 is 9.59 Å². The van der Waals surface area contributed by atoms with Crippen molar-refractivity contribution in [2.45, 2.75) is 5.92 Å². The second-order valence-electron chi connectivity index (χ2n) is 5.80. The van der Waals surface area contributed by atoms with E-state index >= 15 is 0 Å². The molecule has 4 nitrogen and oxygen atoms in total. The number of nitrogens with two attached hydrogens (primary N) is 1. The maximum Gasteiger partial charge on any atom is 0.250 e. The van der Waals surface area contributed by atoms with Gasteiger partial charge >= 0.3 is 0 Å². The largest absolute Gasteiger partial charge is 0.366 e. The van der Waals surface area contributed by atoms with E-state index in [1.54, 1.807) is 6.07 Å². The Morgan fingerprint density at radius 3 is 1.88 bits per heavy atom. The van der Waals surface area contributed by atoms with Crippen molar-refractivity contribution in [2.24, 2.45) is 5.73 Å². The van der Waals surface area contributed by atoms with Crippen LogP contribution in [-0.4, -0.2) is 11.8 Å². The van der Waals surface area contributed by atoms with Gasteiger partial charge in [0, 0.05) is 5.69 Å². The molecule has 5 heteroatoms. The van der Waals surface area contributed by atoms with Gasteiger partial charge < -0.3 is 11.1 Å². The Hall–Kier alpha value is -3.11. The van der Waals surface area contributed by atoms with Gasteiger partial charge in [-0.1, -0.05) is 72.3 Å². The van der Waals surface area contributed by atoms with Crippen molar-refractivity contribution in [1.29, 1.82) is 0 Å². The van der Waals surface area contributed by atoms with Crippen LogP contribution in [0.3, 0.4) is 0 Å². The number of amides is 2. The first-order valence-electron chi connectivity index (χ1n) is 8.06. The minimum Gasteiger partial charge on any atom is -0.366 e. The van der Waals surface area contributed by atoms with E-state index in [1.165, 1.54) is 12.1 Å². The zero-order valence-electron chi connectivity index (χ0n) is 13.9. The Morgan fingerprint density at radius 2 is 1.38 bits per heavy atom. The molecule has 0 heterocycles. The lowest BCUT2D eigenvalue weighted by molar-refractivity contribution is -0.116. The van der Waals surface area contributed by atoms with Gasteiger partial charge in [0.15, 0.2) is 0 Å². The predicted molar refractivity (Wildman–Crippen MR) is 103 cm³/mol. The summed E-state index contributed by atoms with van der Waals surface area (Å²) in [5, 5.41) is 3.10. The highest BCUT2D eigenvalue weighted by Crippen LogP contribution is 2.27. The van der Waals surface area contributed by atoms with Crippen LogP contribution in [0.15, 0.2) is 78.9 Å². The lowest BCUT2D eigenvalue weighted by atomic mass is 9.90. The van der Waals surface area contributed by atoms with Crippen LogP contribution in [0.1, 0.15) is 27.4 Å². The van der Waals surface area contributed by atoms with Gasteiger partial charge in [-0.3, -0.25) is 9.59 Å². The van der Waals surface area contributed by atoms with Crippen LogP contribution in [0, 0.1) is 0 Å². The van der Waals surface area contributed by atoms with Crippen molar-refractivity contribution in [2.75, 3.05) is 5.32 Å². The third-order valence-electron chi connectivity index (χ3n) is 4.03. The molecular weight excluding hydrogens is 348 g/mol. The van der Waals surface area contributed by atoms with Gasteiger partial charge in [0.05, 0.1) is 16.5 Å². The van der Waals surface area contributed by atoms with E-state index in [0.717, 1.165) is 11.1 Å². The van der Waals surface area contributed by atoms with Gasteiger partial charge in [0.25, 0.3) is 0 Å². The summed E-state index contributed by atoms with van der Waals surface area (Å²) in [5.41, 5.74) is 7.70. The average molecular weight is 365 g/mol. The molecule has 0 saturated carbocycles. The summed E-state index contributed by atoms with van der Waals surface area (Å²) in [4.78, 5) is 24.5. The number of halogens is 1. The van der Waals surface area contributed by atoms with E-state index in [9.17, 15) is 9.59 Å². The fraction of sp³-hybridized carbons (Fsp3) is 0.0476. The van der Waals surface area contributed by atoms with Gasteiger partial charge in [0.2, 0.25) is 11.8 Å². The molecule has 0 bridgehead atoms. The highest BCUT2D eigenvalue weighted by atomic mass is 35.5. The van der Waals surface area contributed by atoms with Gasteiger partial charge in [-0.2, -0.15) is 0 Å². The Balaban J connectivity index is 1.94. The molecule has 0 unspecified atom stereocenters. The highest BCUT2D eigenvalue weighted by molar-refractivity contribution is 6.34. The monoisotopic (exact) mass is 364 g/mol. The summed E-state index contributed by atoms with van der Waals surface area (Å²) < 4.78 is 0. The van der Waals surface area contributed by atoms with E-state index in [1.807, 2.05) is 60.7 Å². The average Bonchev–Trinajstić information content (AvgIpc) is 2.65. The van der Waals surface area contributed by atoms with E-state index in [-0.39, 0.29) is 16.5 Å². The molecule has 0 aromatic heterocycles. The van der Waals surface area contributed by atoms with Crippen LogP contribution in [0.5, 0.6) is 0 Å². The SMILES string of the molecule is NC(=O)c1cc(NC(=O)C(c2ccccc2)c2ccccc2)ccc1Cl. The third-order valence-corrected chi connectivity index (χ3v) is 4.36. The van der Waals surface area contributed by atoms with Crippen LogP contribution < -0.4 is 11.1 Å². The molecule has 130 valence electrons. The van der Waals surface area contributed by atoms with E-state index in [4.69, 9.17) is 17.3 Å². The number of carbonyl (C=O) groups excluding carboxylic acids is 2. The van der Waals surface area contributed by atoms with Crippen molar-refractivity contribution in [3.05, 3.63) is 101 Å². The van der Waals surface area contributed by atoms with E-state index in [2.05, 4.69) is 5.32 Å². The number of nitrogens with one attached hydrogen (secondary N) is 1. The first kappa shape index (κ1) is 17.7. The molecule has 3 N–H and O–H groups in total. The number of anilines is 1. The molecule has 0 fully saturated rings. The van der Waals surface area contributed by atoms with Crippen molar-refractivity contribution in [3.63, 3.8) is 0 Å². The van der Waals surface area contributed by atoms with Gasteiger partial charge in [-0.25, -0.2) is 0 Å². The minimum absolute atomic E-state index is 0.167. The van der Waals surface area contributed by atoms with Crippen molar-refractivity contribution >= 4 is 29.1 Å². The molecule has 0 atom stereocenters. The fourth-order valence-electron chi connectivity index (χ4n) is 2.79. The topological polar surface area (TPSA) is 72.2 Å². The van der Waals surface area contributed by atoms with E-state index < -0.39 is 11.8 Å². The Morgan fingerprint density at radius 1 is 0.846 bits per heavy atom. The standard InChI is InChI=1S/C21H17ClN2O2/c22-18-12-11-16(13-17(18)20(23)25)24-21(26)19(14-7-3-1-4-8-14)15-9-5-2-6-10-15/h1-13,19H,(H2,23,25)(H,24,26). The zero-order chi connectivity index (χ0) is 18.5. The third kappa shape index (κ3) is 3.92. The normalized spacial score (nSPS) is 10.5. The van der Waals surface area contributed by atoms with Gasteiger partial charge in [-0.15, -0.1) is 0 Å². The van der Waals surface area contributed by atoms with Crippen LogP contribution in [0.2, 0.25) is 5.02 Å². The second kappa shape index (κ2) is 7.85. The molecule has 0 aliphatic rings. The van der Waals surface area contributed by atoms with Gasteiger partial charge in [-0.05, 0) is 29.3 Å². The number of hydrogen-bond donors (Lipinski definition) is 2. The highest BCUT2D eigenvalue weighted by Gasteiger charge is 2.23. The number of benzene rings is 3. The minimum atomic E-state index is -0.645. The smallest absolute Gasteiger partial charge is 0.250 e. The molecule has 0 spiro atoms. The maximum atomic E-state index is 13.0.